The maximum atomic E-state index is 12.1. The van der Waals surface area contributed by atoms with Gasteiger partial charge >= 0.3 is 6.09 Å². The Morgan fingerprint density at radius 1 is 1.32 bits per heavy atom. The van der Waals surface area contributed by atoms with Gasteiger partial charge in [0, 0.05) is 13.0 Å². The van der Waals surface area contributed by atoms with Gasteiger partial charge in [-0.15, -0.1) is 0 Å². The summed E-state index contributed by atoms with van der Waals surface area (Å²) in [5.74, 6) is 0.0791. The first kappa shape index (κ1) is 12.2. The molecule has 2 heterocycles. The van der Waals surface area contributed by atoms with E-state index < -0.39 is 11.6 Å². The Morgan fingerprint density at radius 3 is 2.68 bits per heavy atom. The highest BCUT2D eigenvalue weighted by Gasteiger charge is 2.56. The Balaban J connectivity index is 1.63. The van der Waals surface area contributed by atoms with Gasteiger partial charge in [-0.3, -0.25) is 9.69 Å². The predicted molar refractivity (Wildman–Crippen MR) is 66.5 cm³/mol. The highest BCUT2D eigenvalue weighted by atomic mass is 16.6. The highest BCUT2D eigenvalue weighted by molar-refractivity contribution is 5.95. The fraction of sp³-hybridized carbons (Fsp3) is 0.429. The van der Waals surface area contributed by atoms with Gasteiger partial charge in [-0.05, 0) is 5.56 Å². The van der Waals surface area contributed by atoms with E-state index in [9.17, 15) is 9.59 Å². The fourth-order valence-corrected chi connectivity index (χ4v) is 2.49. The molecule has 19 heavy (non-hydrogen) atoms. The van der Waals surface area contributed by atoms with Crippen molar-refractivity contribution in [2.24, 2.45) is 0 Å². The zero-order valence-electron chi connectivity index (χ0n) is 10.5. The van der Waals surface area contributed by atoms with Crippen LogP contribution in [-0.4, -0.2) is 42.1 Å². The molecule has 0 saturated carbocycles. The fourth-order valence-electron chi connectivity index (χ4n) is 2.49. The van der Waals surface area contributed by atoms with Crippen LogP contribution in [0.4, 0.5) is 4.79 Å². The minimum atomic E-state index is -0.742. The van der Waals surface area contributed by atoms with E-state index in [-0.39, 0.29) is 12.4 Å². The minimum absolute atomic E-state index is 0.0791. The van der Waals surface area contributed by atoms with E-state index in [0.717, 1.165) is 5.56 Å². The molecular formula is C14H15NO4. The third-order valence-corrected chi connectivity index (χ3v) is 3.71. The van der Waals surface area contributed by atoms with E-state index in [2.05, 4.69) is 0 Å². The Morgan fingerprint density at radius 2 is 2.05 bits per heavy atom. The average molecular weight is 261 g/mol. The molecule has 2 fully saturated rings. The van der Waals surface area contributed by atoms with Crippen LogP contribution in [0.5, 0.6) is 0 Å². The second-order valence-corrected chi connectivity index (χ2v) is 4.89. The second-order valence-electron chi connectivity index (χ2n) is 4.89. The maximum Gasteiger partial charge on any atom is 0.411 e. The van der Waals surface area contributed by atoms with E-state index in [1.165, 1.54) is 4.90 Å². The molecule has 2 aliphatic rings. The molecule has 100 valence electrons. The molecule has 1 amide bonds. The number of carbonyl (C=O) groups excluding carboxylic acids is 2. The number of amides is 1. The molecule has 0 bridgehead atoms. The number of ether oxygens (including phenoxy) is 2. The van der Waals surface area contributed by atoms with Crippen LogP contribution < -0.4 is 0 Å². The lowest BCUT2D eigenvalue weighted by Gasteiger charge is -2.42. The van der Waals surface area contributed by atoms with Crippen molar-refractivity contribution in [3.05, 3.63) is 35.9 Å². The van der Waals surface area contributed by atoms with Crippen LogP contribution in [0, 0.1) is 0 Å². The standard InChI is InChI=1S/C14H15NO4/c16-12-6-7-15(14(12)9-18-10-14)13(17)19-8-11-4-2-1-3-5-11/h1-5H,6-10H2. The van der Waals surface area contributed by atoms with E-state index in [1.54, 1.807) is 0 Å². The zero-order valence-corrected chi connectivity index (χ0v) is 10.5. The molecule has 2 saturated heterocycles. The largest absolute Gasteiger partial charge is 0.445 e. The van der Waals surface area contributed by atoms with Crippen LogP contribution in [0.3, 0.4) is 0 Å². The van der Waals surface area contributed by atoms with Crippen LogP contribution >= 0.6 is 0 Å². The van der Waals surface area contributed by atoms with E-state index in [1.807, 2.05) is 30.3 Å². The molecule has 0 aliphatic carbocycles. The van der Waals surface area contributed by atoms with E-state index in [4.69, 9.17) is 9.47 Å². The Hall–Kier alpha value is -1.88. The Kier molecular flexibility index (Phi) is 2.98. The van der Waals surface area contributed by atoms with Gasteiger partial charge in [-0.2, -0.15) is 0 Å². The molecule has 0 radical (unpaired) electrons. The van der Waals surface area contributed by atoms with Gasteiger partial charge in [-0.25, -0.2) is 4.79 Å². The number of rotatable bonds is 2. The van der Waals surface area contributed by atoms with Gasteiger partial charge in [0.15, 0.2) is 11.3 Å². The van der Waals surface area contributed by atoms with Gasteiger partial charge in [0.1, 0.15) is 6.61 Å². The van der Waals surface area contributed by atoms with Crippen molar-refractivity contribution >= 4 is 11.9 Å². The summed E-state index contributed by atoms with van der Waals surface area (Å²) in [6, 6.07) is 9.48. The number of carbonyl (C=O) groups is 2. The number of hydrogen-bond acceptors (Lipinski definition) is 4. The lowest BCUT2D eigenvalue weighted by atomic mass is 9.93. The molecule has 3 rings (SSSR count). The number of Topliss-reactive ketones (excluding diaryl/α,β-unsaturated/α-hetero) is 1. The van der Waals surface area contributed by atoms with Gasteiger partial charge in [0.05, 0.1) is 13.2 Å². The predicted octanol–water partition coefficient (Wildman–Crippen LogP) is 1.37. The number of likely N-dealkylation sites (tertiary alicyclic amines) is 1. The number of hydrogen-bond donors (Lipinski definition) is 0. The van der Waals surface area contributed by atoms with Gasteiger partial charge < -0.3 is 9.47 Å². The number of ketones is 1. The summed E-state index contributed by atoms with van der Waals surface area (Å²) in [6.45, 7) is 1.25. The summed E-state index contributed by atoms with van der Waals surface area (Å²) in [5.41, 5.74) is 0.189. The van der Waals surface area contributed by atoms with E-state index >= 15 is 0 Å². The Bertz CT molecular complexity index is 495. The van der Waals surface area contributed by atoms with Crippen LogP contribution in [0.2, 0.25) is 0 Å². The van der Waals surface area contributed by atoms with E-state index in [0.29, 0.717) is 26.2 Å². The minimum Gasteiger partial charge on any atom is -0.445 e. The summed E-state index contributed by atoms with van der Waals surface area (Å²) in [4.78, 5) is 25.4. The molecule has 0 N–H and O–H groups in total. The van der Waals surface area contributed by atoms with Crippen molar-refractivity contribution in [2.75, 3.05) is 19.8 Å². The van der Waals surface area contributed by atoms with Crippen molar-refractivity contribution in [3.8, 4) is 0 Å². The topological polar surface area (TPSA) is 55.8 Å². The average Bonchev–Trinajstić information content (AvgIpc) is 2.74. The van der Waals surface area contributed by atoms with Crippen molar-refractivity contribution in [2.45, 2.75) is 18.6 Å². The first-order valence-electron chi connectivity index (χ1n) is 6.32. The van der Waals surface area contributed by atoms with Crippen molar-refractivity contribution in [3.63, 3.8) is 0 Å². The lowest BCUT2D eigenvalue weighted by molar-refractivity contribution is -0.152. The number of benzene rings is 1. The zero-order chi connectivity index (χ0) is 13.3. The first-order chi connectivity index (χ1) is 9.22. The quantitative estimate of drug-likeness (QED) is 0.806. The molecule has 5 heteroatoms. The molecule has 1 spiro atoms. The lowest BCUT2D eigenvalue weighted by Crippen LogP contribution is -2.64. The van der Waals surface area contributed by atoms with Gasteiger partial charge in [0.2, 0.25) is 0 Å². The summed E-state index contributed by atoms with van der Waals surface area (Å²) in [6.07, 6.45) is -0.0397. The maximum absolute atomic E-state index is 12.1. The van der Waals surface area contributed by atoms with Crippen molar-refractivity contribution in [1.82, 2.24) is 4.90 Å². The van der Waals surface area contributed by atoms with Gasteiger partial charge in [0.25, 0.3) is 0 Å². The van der Waals surface area contributed by atoms with Crippen LogP contribution in [0.25, 0.3) is 0 Å². The Labute approximate surface area is 111 Å². The molecule has 1 aromatic carbocycles. The summed E-state index contributed by atoms with van der Waals surface area (Å²) in [5, 5.41) is 0. The smallest absolute Gasteiger partial charge is 0.411 e. The SMILES string of the molecule is O=C(OCc1ccccc1)N1CCC(=O)C12COC2. The first-order valence-corrected chi connectivity index (χ1v) is 6.32. The van der Waals surface area contributed by atoms with Crippen molar-refractivity contribution < 1.29 is 19.1 Å². The molecule has 2 aliphatic heterocycles. The monoisotopic (exact) mass is 261 g/mol. The van der Waals surface area contributed by atoms with Crippen LogP contribution in [-0.2, 0) is 20.9 Å². The summed E-state index contributed by atoms with van der Waals surface area (Å²) in [7, 11) is 0. The molecular weight excluding hydrogens is 246 g/mol. The third kappa shape index (κ3) is 2.00. The summed E-state index contributed by atoms with van der Waals surface area (Å²) < 4.78 is 10.4. The highest BCUT2D eigenvalue weighted by Crippen LogP contribution is 2.33. The molecule has 0 aromatic heterocycles. The molecule has 1 aromatic rings. The van der Waals surface area contributed by atoms with Crippen molar-refractivity contribution in [1.29, 1.82) is 0 Å². The van der Waals surface area contributed by atoms with Crippen LogP contribution in [0.15, 0.2) is 30.3 Å². The van der Waals surface area contributed by atoms with Crippen LogP contribution in [0.1, 0.15) is 12.0 Å². The summed E-state index contributed by atoms with van der Waals surface area (Å²) >= 11 is 0. The second kappa shape index (κ2) is 4.66. The number of nitrogens with zero attached hydrogens (tertiary/aromatic N) is 1. The molecule has 0 unspecified atom stereocenters. The third-order valence-electron chi connectivity index (χ3n) is 3.71. The molecule has 5 nitrogen and oxygen atoms in total. The molecule has 0 atom stereocenters. The van der Waals surface area contributed by atoms with Gasteiger partial charge in [-0.1, -0.05) is 30.3 Å². The normalized spacial score (nSPS) is 20.4.